The molecule has 0 spiro atoms. The van der Waals surface area contributed by atoms with Crippen LogP contribution >= 0.6 is 0 Å². The third-order valence-electron chi connectivity index (χ3n) is 3.60. The van der Waals surface area contributed by atoms with E-state index >= 15 is 0 Å². The fourth-order valence-electron chi connectivity index (χ4n) is 2.29. The van der Waals surface area contributed by atoms with Gasteiger partial charge >= 0.3 is 0 Å². The molecule has 2 heterocycles. The summed E-state index contributed by atoms with van der Waals surface area (Å²) in [6.07, 6.45) is 3.16. The lowest BCUT2D eigenvalue weighted by atomic mass is 10.1. The number of pyridine rings is 1. The van der Waals surface area contributed by atoms with E-state index in [2.05, 4.69) is 20.8 Å². The van der Waals surface area contributed by atoms with Crippen LogP contribution in [0.1, 0.15) is 27.2 Å². The summed E-state index contributed by atoms with van der Waals surface area (Å²) < 4.78 is 5.00. The van der Waals surface area contributed by atoms with Crippen LogP contribution in [0.25, 0.3) is 0 Å². The predicted octanol–water partition coefficient (Wildman–Crippen LogP) is 3.36. The van der Waals surface area contributed by atoms with Gasteiger partial charge in [0.05, 0.1) is 17.4 Å². The number of anilines is 2. The second kappa shape index (κ2) is 6.95. The molecule has 3 aromatic rings. The van der Waals surface area contributed by atoms with Crippen LogP contribution in [0.4, 0.5) is 11.5 Å². The molecule has 0 unspecified atom stereocenters. The molecule has 1 amide bonds. The number of hydrogen-bond acceptors (Lipinski definition) is 5. The van der Waals surface area contributed by atoms with Gasteiger partial charge in [0, 0.05) is 18.8 Å². The van der Waals surface area contributed by atoms with Crippen LogP contribution in [-0.4, -0.2) is 16.0 Å². The van der Waals surface area contributed by atoms with E-state index in [0.29, 0.717) is 29.4 Å². The fraction of sp³-hybridized carbons (Fsp3) is 0.167. The number of nitrogens with one attached hydrogen (secondary N) is 2. The Morgan fingerprint density at radius 1 is 1.17 bits per heavy atom. The molecule has 0 aliphatic heterocycles. The van der Waals surface area contributed by atoms with Gasteiger partial charge in [0.2, 0.25) is 0 Å². The average Bonchev–Trinajstić information content (AvgIpc) is 2.99. The first-order valence-corrected chi connectivity index (χ1v) is 7.60. The number of benzene rings is 1. The molecule has 0 fully saturated rings. The van der Waals surface area contributed by atoms with Crippen molar-refractivity contribution in [2.45, 2.75) is 20.4 Å². The highest BCUT2D eigenvalue weighted by molar-refractivity contribution is 5.94. The van der Waals surface area contributed by atoms with Crippen molar-refractivity contribution < 1.29 is 9.32 Å². The summed E-state index contributed by atoms with van der Waals surface area (Å²) in [5.74, 6) is 1.11. The van der Waals surface area contributed by atoms with Gasteiger partial charge in [0.25, 0.3) is 5.91 Å². The van der Waals surface area contributed by atoms with E-state index in [9.17, 15) is 4.79 Å². The maximum atomic E-state index is 12.3. The lowest BCUT2D eigenvalue weighted by Crippen LogP contribution is -2.23. The van der Waals surface area contributed by atoms with Crippen molar-refractivity contribution in [1.82, 2.24) is 15.5 Å². The Morgan fingerprint density at radius 3 is 2.75 bits per heavy atom. The predicted molar refractivity (Wildman–Crippen MR) is 91.1 cm³/mol. The third-order valence-corrected chi connectivity index (χ3v) is 3.60. The van der Waals surface area contributed by atoms with Crippen molar-refractivity contribution in [2.75, 3.05) is 5.32 Å². The summed E-state index contributed by atoms with van der Waals surface area (Å²) in [6.45, 7) is 4.31. The molecule has 6 heteroatoms. The van der Waals surface area contributed by atoms with E-state index in [0.717, 1.165) is 11.1 Å². The number of carbonyl (C=O) groups is 1. The Balaban J connectivity index is 1.67. The monoisotopic (exact) mass is 322 g/mol. The quantitative estimate of drug-likeness (QED) is 0.753. The molecule has 0 bridgehead atoms. The Bertz CT molecular complexity index is 857. The number of carbonyl (C=O) groups excluding carboxylic acids is 1. The molecule has 6 nitrogen and oxygen atoms in total. The largest absolute Gasteiger partial charge is 0.360 e. The van der Waals surface area contributed by atoms with Crippen LogP contribution in [0, 0.1) is 13.8 Å². The lowest BCUT2D eigenvalue weighted by molar-refractivity contribution is 0.0950. The van der Waals surface area contributed by atoms with Crippen LogP contribution in [0.15, 0.2) is 53.3 Å². The Hall–Kier alpha value is -3.15. The van der Waals surface area contributed by atoms with Crippen LogP contribution in [-0.2, 0) is 6.54 Å². The van der Waals surface area contributed by atoms with Gasteiger partial charge in [-0.05, 0) is 31.0 Å². The summed E-state index contributed by atoms with van der Waals surface area (Å²) in [5.41, 5.74) is 3.39. The first-order chi connectivity index (χ1) is 11.6. The lowest BCUT2D eigenvalue weighted by Gasteiger charge is -2.09. The number of nitrogens with zero attached hydrogens (tertiary/aromatic N) is 2. The van der Waals surface area contributed by atoms with Gasteiger partial charge in [-0.25, -0.2) is 0 Å². The zero-order chi connectivity index (χ0) is 16.9. The molecule has 1 aromatic carbocycles. The van der Waals surface area contributed by atoms with E-state index in [1.165, 1.54) is 6.20 Å². The van der Waals surface area contributed by atoms with Crippen molar-refractivity contribution in [3.63, 3.8) is 0 Å². The van der Waals surface area contributed by atoms with E-state index < -0.39 is 0 Å². The number of amides is 1. The van der Waals surface area contributed by atoms with Crippen molar-refractivity contribution >= 4 is 17.4 Å². The van der Waals surface area contributed by atoms with E-state index in [1.54, 1.807) is 18.3 Å². The topological polar surface area (TPSA) is 80.0 Å². The maximum Gasteiger partial charge on any atom is 0.253 e. The van der Waals surface area contributed by atoms with Gasteiger partial charge in [-0.1, -0.05) is 29.4 Å². The van der Waals surface area contributed by atoms with Crippen LogP contribution < -0.4 is 10.6 Å². The average molecular weight is 322 g/mol. The second-order valence-corrected chi connectivity index (χ2v) is 5.52. The first kappa shape index (κ1) is 15.7. The minimum atomic E-state index is -0.175. The highest BCUT2D eigenvalue weighted by Gasteiger charge is 2.09. The summed E-state index contributed by atoms with van der Waals surface area (Å²) in [7, 11) is 0. The maximum absolute atomic E-state index is 12.3. The van der Waals surface area contributed by atoms with Gasteiger partial charge in [-0.15, -0.1) is 0 Å². The third kappa shape index (κ3) is 3.78. The first-order valence-electron chi connectivity index (χ1n) is 7.60. The van der Waals surface area contributed by atoms with Crippen molar-refractivity contribution in [1.29, 1.82) is 0 Å². The molecule has 2 N–H and O–H groups in total. The molecule has 0 aliphatic rings. The number of hydrogen-bond donors (Lipinski definition) is 2. The molecular weight excluding hydrogens is 304 g/mol. The molecule has 122 valence electrons. The van der Waals surface area contributed by atoms with E-state index in [1.807, 2.05) is 38.1 Å². The standard InChI is InChI=1S/C18H18N4O2/c1-12-5-3-4-6-14(12)10-20-18(23)15-8-16(11-19-9-15)21-17-7-13(2)24-22-17/h3-9,11H,10H2,1-2H3,(H,20,23)(H,21,22). The van der Waals surface area contributed by atoms with Crippen molar-refractivity contribution in [3.8, 4) is 0 Å². The van der Waals surface area contributed by atoms with E-state index in [-0.39, 0.29) is 5.91 Å². The Kier molecular flexibility index (Phi) is 4.56. The minimum absolute atomic E-state index is 0.175. The van der Waals surface area contributed by atoms with E-state index in [4.69, 9.17) is 4.52 Å². The summed E-state index contributed by atoms with van der Waals surface area (Å²) in [6, 6.07) is 11.5. The molecule has 0 saturated carbocycles. The molecular formula is C18H18N4O2. The minimum Gasteiger partial charge on any atom is -0.360 e. The molecule has 2 aromatic heterocycles. The molecule has 0 aliphatic carbocycles. The number of aryl methyl sites for hydroxylation is 2. The number of aromatic nitrogens is 2. The van der Waals surface area contributed by atoms with Gasteiger partial charge in [0.1, 0.15) is 5.76 Å². The smallest absolute Gasteiger partial charge is 0.253 e. The zero-order valence-electron chi connectivity index (χ0n) is 13.5. The molecule has 0 atom stereocenters. The van der Waals surface area contributed by atoms with Gasteiger partial charge in [0.15, 0.2) is 5.82 Å². The van der Waals surface area contributed by atoms with Crippen LogP contribution in [0.5, 0.6) is 0 Å². The second-order valence-electron chi connectivity index (χ2n) is 5.52. The van der Waals surface area contributed by atoms with Crippen molar-refractivity contribution in [2.24, 2.45) is 0 Å². The summed E-state index contributed by atoms with van der Waals surface area (Å²) >= 11 is 0. The summed E-state index contributed by atoms with van der Waals surface area (Å²) in [5, 5.41) is 9.82. The normalized spacial score (nSPS) is 10.4. The Morgan fingerprint density at radius 2 is 2.00 bits per heavy atom. The SMILES string of the molecule is Cc1cc(Nc2cncc(C(=O)NCc3ccccc3C)c2)no1. The highest BCUT2D eigenvalue weighted by atomic mass is 16.5. The van der Waals surface area contributed by atoms with Gasteiger partial charge < -0.3 is 15.2 Å². The molecule has 0 saturated heterocycles. The van der Waals surface area contributed by atoms with Crippen molar-refractivity contribution in [3.05, 3.63) is 71.2 Å². The number of rotatable bonds is 5. The highest BCUT2D eigenvalue weighted by Crippen LogP contribution is 2.16. The molecule has 0 radical (unpaired) electrons. The van der Waals surface area contributed by atoms with Gasteiger partial charge in [-0.2, -0.15) is 0 Å². The van der Waals surface area contributed by atoms with Crippen LogP contribution in [0.3, 0.4) is 0 Å². The summed E-state index contributed by atoms with van der Waals surface area (Å²) in [4.78, 5) is 16.4. The zero-order valence-corrected chi connectivity index (χ0v) is 13.5. The van der Waals surface area contributed by atoms with Crippen LogP contribution in [0.2, 0.25) is 0 Å². The molecule has 3 rings (SSSR count). The molecule has 24 heavy (non-hydrogen) atoms. The fourth-order valence-corrected chi connectivity index (χ4v) is 2.29. The Labute approximate surface area is 139 Å². The van der Waals surface area contributed by atoms with Gasteiger partial charge in [-0.3, -0.25) is 9.78 Å².